The molecule has 0 aliphatic carbocycles. The van der Waals surface area contributed by atoms with Gasteiger partial charge in [-0.05, 0) is 37.0 Å². The number of pyridine rings is 1. The van der Waals surface area contributed by atoms with Crippen LogP contribution in [0.5, 0.6) is 5.75 Å². The zero-order chi connectivity index (χ0) is 24.5. The number of rotatable bonds is 8. The third-order valence-corrected chi connectivity index (χ3v) is 7.10. The molecule has 2 N–H and O–H groups in total. The van der Waals surface area contributed by atoms with Crippen LogP contribution in [0.1, 0.15) is 45.5 Å². The molecule has 0 saturated carbocycles. The monoisotopic (exact) mass is 486 g/mol. The van der Waals surface area contributed by atoms with E-state index in [1.807, 2.05) is 0 Å². The Morgan fingerprint density at radius 3 is 2.62 bits per heavy atom. The van der Waals surface area contributed by atoms with Crippen molar-refractivity contribution in [2.75, 3.05) is 13.7 Å². The average molecular weight is 487 g/mol. The van der Waals surface area contributed by atoms with Crippen LogP contribution in [-0.2, 0) is 26.0 Å². The maximum absolute atomic E-state index is 12.9. The quantitative estimate of drug-likeness (QED) is 0.402. The number of carbonyl (C=O) groups excluding carboxylic acids is 4. The Morgan fingerprint density at radius 1 is 1.12 bits per heavy atom. The Balaban J connectivity index is 1.38. The van der Waals surface area contributed by atoms with Gasteiger partial charge < -0.3 is 4.74 Å². The highest BCUT2D eigenvalue weighted by Crippen LogP contribution is 2.28. The van der Waals surface area contributed by atoms with Gasteiger partial charge in [0.25, 0.3) is 11.8 Å². The summed E-state index contributed by atoms with van der Waals surface area (Å²) in [5.74, 6) is -1.92. The van der Waals surface area contributed by atoms with Crippen molar-refractivity contribution in [2.24, 2.45) is 0 Å². The Kier molecular flexibility index (Phi) is 6.44. The minimum absolute atomic E-state index is 0.0120. The lowest BCUT2D eigenvalue weighted by atomic mass is 10.0. The maximum Gasteiger partial charge on any atom is 0.262 e. The van der Waals surface area contributed by atoms with Gasteiger partial charge in [0.1, 0.15) is 16.7 Å². The maximum atomic E-state index is 12.9. The van der Waals surface area contributed by atoms with Crippen LogP contribution >= 0.6 is 0 Å². The molecule has 1 aromatic heterocycles. The van der Waals surface area contributed by atoms with Crippen molar-refractivity contribution in [1.82, 2.24) is 19.9 Å². The molecule has 1 atom stereocenters. The van der Waals surface area contributed by atoms with Gasteiger partial charge in [-0.25, -0.2) is 13.1 Å². The van der Waals surface area contributed by atoms with Gasteiger partial charge >= 0.3 is 0 Å². The zero-order valence-electron chi connectivity index (χ0n) is 18.2. The highest BCUT2D eigenvalue weighted by Gasteiger charge is 2.44. The molecule has 0 radical (unpaired) electrons. The number of fused-ring (bicyclic) bond motifs is 1. The summed E-state index contributed by atoms with van der Waals surface area (Å²) < 4.78 is 32.4. The van der Waals surface area contributed by atoms with Gasteiger partial charge in [-0.3, -0.25) is 34.4 Å². The highest BCUT2D eigenvalue weighted by molar-refractivity contribution is 7.89. The lowest BCUT2D eigenvalue weighted by Crippen LogP contribution is -2.54. The number of sulfonamides is 1. The number of aromatic nitrogens is 1. The van der Waals surface area contributed by atoms with Crippen molar-refractivity contribution in [3.63, 3.8) is 0 Å². The van der Waals surface area contributed by atoms with E-state index in [9.17, 15) is 27.6 Å². The van der Waals surface area contributed by atoms with Gasteiger partial charge in [-0.1, -0.05) is 6.07 Å². The zero-order valence-corrected chi connectivity index (χ0v) is 19.1. The minimum Gasteiger partial charge on any atom is -0.495 e. The molecule has 1 aromatic carbocycles. The summed E-state index contributed by atoms with van der Waals surface area (Å²) in [6.07, 6.45) is 3.66. The number of hydrogen-bond donors (Lipinski definition) is 2. The number of imide groups is 2. The van der Waals surface area contributed by atoms with Crippen molar-refractivity contribution < 1.29 is 32.3 Å². The van der Waals surface area contributed by atoms with E-state index in [1.165, 1.54) is 31.6 Å². The largest absolute Gasteiger partial charge is 0.495 e. The van der Waals surface area contributed by atoms with Crippen LogP contribution in [0.4, 0.5) is 0 Å². The highest BCUT2D eigenvalue weighted by atomic mass is 32.2. The number of piperidine rings is 1. The molecule has 3 heterocycles. The molecule has 1 fully saturated rings. The van der Waals surface area contributed by atoms with E-state index in [0.29, 0.717) is 18.6 Å². The summed E-state index contributed by atoms with van der Waals surface area (Å²) >= 11 is 0. The third kappa shape index (κ3) is 4.54. The molecule has 2 aromatic rings. The normalized spacial score (nSPS) is 18.1. The Morgan fingerprint density at radius 2 is 1.88 bits per heavy atom. The van der Waals surface area contributed by atoms with Crippen LogP contribution in [0, 0.1) is 0 Å². The molecule has 0 bridgehead atoms. The van der Waals surface area contributed by atoms with Gasteiger partial charge in [-0.2, -0.15) is 0 Å². The number of carbonyl (C=O) groups is 4. The molecular weight excluding hydrogens is 464 g/mol. The summed E-state index contributed by atoms with van der Waals surface area (Å²) in [7, 11) is -2.35. The fourth-order valence-electron chi connectivity index (χ4n) is 3.91. The van der Waals surface area contributed by atoms with Crippen molar-refractivity contribution in [1.29, 1.82) is 0 Å². The van der Waals surface area contributed by atoms with Gasteiger partial charge in [0.05, 0.1) is 24.4 Å². The predicted molar refractivity (Wildman–Crippen MR) is 117 cm³/mol. The molecule has 178 valence electrons. The van der Waals surface area contributed by atoms with Crippen LogP contribution < -0.4 is 14.8 Å². The molecule has 4 rings (SSSR count). The molecule has 1 saturated heterocycles. The Hall–Kier alpha value is -3.64. The Labute approximate surface area is 195 Å². The number of nitrogens with one attached hydrogen (secondary N) is 2. The van der Waals surface area contributed by atoms with Gasteiger partial charge in [0.15, 0.2) is 0 Å². The average Bonchev–Trinajstić information content (AvgIpc) is 3.06. The van der Waals surface area contributed by atoms with Crippen LogP contribution in [-0.4, -0.2) is 61.6 Å². The lowest BCUT2D eigenvalue weighted by Gasteiger charge is -2.27. The first-order valence-corrected chi connectivity index (χ1v) is 12.0. The smallest absolute Gasteiger partial charge is 0.262 e. The summed E-state index contributed by atoms with van der Waals surface area (Å²) in [4.78, 5) is 53.9. The number of ether oxygens (including phenoxy) is 1. The van der Waals surface area contributed by atoms with E-state index >= 15 is 0 Å². The van der Waals surface area contributed by atoms with Crippen LogP contribution in [0.2, 0.25) is 0 Å². The number of hydrogen-bond acceptors (Lipinski definition) is 8. The van der Waals surface area contributed by atoms with E-state index in [2.05, 4.69) is 15.0 Å². The Bertz CT molecular complexity index is 1290. The molecule has 34 heavy (non-hydrogen) atoms. The van der Waals surface area contributed by atoms with E-state index < -0.39 is 39.7 Å². The second-order valence-corrected chi connectivity index (χ2v) is 9.66. The predicted octanol–water partition coefficient (Wildman–Crippen LogP) is 0.403. The second-order valence-electron chi connectivity index (χ2n) is 7.89. The topological polar surface area (TPSA) is 152 Å². The van der Waals surface area contributed by atoms with Crippen molar-refractivity contribution in [3.8, 4) is 5.75 Å². The van der Waals surface area contributed by atoms with Crippen molar-refractivity contribution in [3.05, 3.63) is 53.3 Å². The van der Waals surface area contributed by atoms with E-state index in [0.717, 1.165) is 10.5 Å². The number of amides is 4. The van der Waals surface area contributed by atoms with Crippen LogP contribution in [0.25, 0.3) is 0 Å². The van der Waals surface area contributed by atoms with Gasteiger partial charge in [0, 0.05) is 25.2 Å². The fraction of sp³-hybridized carbons (Fsp3) is 0.318. The second kappa shape index (κ2) is 9.31. The number of aryl methyl sites for hydroxylation is 1. The van der Waals surface area contributed by atoms with Crippen LogP contribution in [0.15, 0.2) is 41.6 Å². The van der Waals surface area contributed by atoms with Gasteiger partial charge in [-0.15, -0.1) is 0 Å². The summed E-state index contributed by atoms with van der Waals surface area (Å²) in [6, 6.07) is 5.16. The molecule has 2 aliphatic rings. The standard InChI is InChI=1S/C22H22N4O7S/c1-33-14-10-15(12-23-11-14)34(31,32)24-8-2-3-13-4-5-16-17(9-13)22(30)26(21(16)29)18-6-7-19(27)25-20(18)28/h4-5,9-12,18,24H,2-3,6-8H2,1H3,(H,25,27,28). The first kappa shape index (κ1) is 23.5. The van der Waals surface area contributed by atoms with Crippen LogP contribution in [0.3, 0.4) is 0 Å². The van der Waals surface area contributed by atoms with Gasteiger partial charge in [0.2, 0.25) is 21.8 Å². The summed E-state index contributed by atoms with van der Waals surface area (Å²) in [5.41, 5.74) is 1.13. The van der Waals surface area contributed by atoms with Crippen molar-refractivity contribution in [2.45, 2.75) is 36.6 Å². The number of nitrogens with zero attached hydrogens (tertiary/aromatic N) is 2. The van der Waals surface area contributed by atoms with E-state index in [1.54, 1.807) is 12.1 Å². The fourth-order valence-corrected chi connectivity index (χ4v) is 4.96. The first-order chi connectivity index (χ1) is 16.2. The molecule has 11 nitrogen and oxygen atoms in total. The summed E-state index contributed by atoms with van der Waals surface area (Å²) in [5, 5.41) is 2.16. The number of methoxy groups -OCH3 is 1. The molecular formula is C22H22N4O7S. The summed E-state index contributed by atoms with van der Waals surface area (Å²) in [6.45, 7) is 0.145. The molecule has 2 aliphatic heterocycles. The SMILES string of the molecule is COc1cncc(S(=O)(=O)NCCCc2ccc3c(c2)C(=O)N(C2CCC(=O)NC2=O)C3=O)c1. The third-order valence-electron chi connectivity index (χ3n) is 5.67. The molecule has 1 unspecified atom stereocenters. The van der Waals surface area contributed by atoms with E-state index in [-0.39, 0.29) is 35.4 Å². The van der Waals surface area contributed by atoms with E-state index in [4.69, 9.17) is 4.74 Å². The van der Waals surface area contributed by atoms with Crippen molar-refractivity contribution >= 4 is 33.7 Å². The minimum atomic E-state index is -3.76. The molecule has 0 spiro atoms. The molecule has 12 heteroatoms. The molecule has 4 amide bonds. The number of benzene rings is 1. The first-order valence-electron chi connectivity index (χ1n) is 10.5. The lowest BCUT2D eigenvalue weighted by molar-refractivity contribution is -0.136.